The summed E-state index contributed by atoms with van der Waals surface area (Å²) in [5.41, 5.74) is 0.925. The van der Waals surface area contributed by atoms with Crippen LogP contribution in [-0.2, 0) is 19.1 Å². The van der Waals surface area contributed by atoms with Crippen molar-refractivity contribution in [3.8, 4) is 0 Å². The second kappa shape index (κ2) is 7.06. The minimum atomic E-state index is -0.169. The lowest BCUT2D eigenvalue weighted by Crippen LogP contribution is -2.53. The van der Waals surface area contributed by atoms with Crippen molar-refractivity contribution in [2.75, 3.05) is 6.61 Å². The molecule has 4 saturated carbocycles. The van der Waals surface area contributed by atoms with Gasteiger partial charge in [-0.25, -0.2) is 0 Å². The Morgan fingerprint density at radius 1 is 1.00 bits per heavy atom. The number of fused-ring (bicyclic) bond motifs is 5. The third-order valence-corrected chi connectivity index (χ3v) is 9.56. The van der Waals surface area contributed by atoms with E-state index >= 15 is 0 Å². The maximum Gasteiger partial charge on any atom is 0.308 e. The number of esters is 1. The minimum Gasteiger partial charge on any atom is -0.465 e. The maximum atomic E-state index is 12.7. The molecule has 0 bridgehead atoms. The largest absolute Gasteiger partial charge is 0.465 e. The Morgan fingerprint density at radius 3 is 2.59 bits per heavy atom. The van der Waals surface area contributed by atoms with Crippen molar-refractivity contribution in [1.82, 2.24) is 0 Å². The predicted octanol–water partition coefficient (Wildman–Crippen LogP) is 4.80. The third kappa shape index (κ3) is 2.96. The molecule has 5 aliphatic carbocycles. The van der Waals surface area contributed by atoms with Crippen LogP contribution in [0.1, 0.15) is 84.0 Å². The van der Waals surface area contributed by atoms with Gasteiger partial charge in [-0.3, -0.25) is 14.4 Å². The Balaban J connectivity index is 1.43. The van der Waals surface area contributed by atoms with Gasteiger partial charge in [-0.05, 0) is 75.2 Å². The normalized spacial score (nSPS) is 42.1. The molecule has 4 nitrogen and oxygen atoms in total. The lowest BCUT2D eigenvalue weighted by atomic mass is 9.47. The lowest BCUT2D eigenvalue weighted by Gasteiger charge is -2.57. The average molecular weight is 399 g/mol. The second-order valence-electron chi connectivity index (χ2n) is 10.7. The number of carbonyl (C=O) groups excluding carboxylic acids is 3. The van der Waals surface area contributed by atoms with Crippen molar-refractivity contribution in [3.05, 3.63) is 11.6 Å². The van der Waals surface area contributed by atoms with Gasteiger partial charge in [0.1, 0.15) is 12.4 Å². The van der Waals surface area contributed by atoms with E-state index in [9.17, 15) is 14.4 Å². The van der Waals surface area contributed by atoms with Crippen LogP contribution < -0.4 is 0 Å². The average Bonchev–Trinajstić information content (AvgIpc) is 3.35. The van der Waals surface area contributed by atoms with Crippen LogP contribution in [0.3, 0.4) is 0 Å². The summed E-state index contributed by atoms with van der Waals surface area (Å²) in [5.74, 6) is 2.18. The molecular formula is C25H34O4. The van der Waals surface area contributed by atoms with E-state index in [-0.39, 0.29) is 28.5 Å². The van der Waals surface area contributed by atoms with Crippen LogP contribution in [0.25, 0.3) is 0 Å². The first-order chi connectivity index (χ1) is 13.9. The monoisotopic (exact) mass is 398 g/mol. The zero-order chi connectivity index (χ0) is 20.2. The zero-order valence-corrected chi connectivity index (χ0v) is 17.7. The summed E-state index contributed by atoms with van der Waals surface area (Å²) in [6.07, 6.45) is 13.2. The molecule has 0 aliphatic heterocycles. The molecule has 4 fully saturated rings. The highest BCUT2D eigenvalue weighted by Gasteiger charge is 2.60. The Kier molecular flexibility index (Phi) is 4.75. The Bertz CT molecular complexity index is 761. The van der Waals surface area contributed by atoms with Gasteiger partial charge in [0.25, 0.3) is 0 Å². The fraction of sp³-hybridized carbons (Fsp3) is 0.800. The van der Waals surface area contributed by atoms with E-state index in [1.807, 2.05) is 6.08 Å². The molecule has 4 heteroatoms. The topological polar surface area (TPSA) is 60.4 Å². The SMILES string of the molecule is C[C@]12CC[C@@H]3[C@@H](CCC4=CC(=O)CC[C@@]43COC(=O)C3CCCC3)[C@@H]1CCC2=O. The third-order valence-electron chi connectivity index (χ3n) is 9.56. The molecule has 0 radical (unpaired) electrons. The van der Waals surface area contributed by atoms with Gasteiger partial charge in [-0.1, -0.05) is 25.3 Å². The number of ketones is 2. The molecule has 0 heterocycles. The summed E-state index contributed by atoms with van der Waals surface area (Å²) in [6, 6.07) is 0. The quantitative estimate of drug-likeness (QED) is 0.641. The standard InChI is InChI=1S/C25H34O4/c1-24-12-11-21-19(20(24)8-9-22(24)27)7-6-17-14-18(26)10-13-25(17,21)15-29-23(28)16-4-2-3-5-16/h14,16,19-21H,2-13,15H2,1H3/t19-,20-,21+,24-,25+/m0/s1. The summed E-state index contributed by atoms with van der Waals surface area (Å²) in [6.45, 7) is 2.64. The fourth-order valence-corrected chi connectivity index (χ4v) is 7.88. The predicted molar refractivity (Wildman–Crippen MR) is 109 cm³/mol. The summed E-state index contributed by atoms with van der Waals surface area (Å²) >= 11 is 0. The molecular weight excluding hydrogens is 364 g/mol. The summed E-state index contributed by atoms with van der Waals surface area (Å²) in [4.78, 5) is 37.6. The molecule has 0 amide bonds. The van der Waals surface area contributed by atoms with Crippen LogP contribution in [0.4, 0.5) is 0 Å². The highest BCUT2D eigenvalue weighted by molar-refractivity contribution is 5.92. The van der Waals surface area contributed by atoms with Gasteiger partial charge in [-0.2, -0.15) is 0 Å². The van der Waals surface area contributed by atoms with E-state index in [1.54, 1.807) is 0 Å². The highest BCUT2D eigenvalue weighted by atomic mass is 16.5. The number of carbonyl (C=O) groups is 3. The van der Waals surface area contributed by atoms with Crippen LogP contribution >= 0.6 is 0 Å². The first-order valence-electron chi connectivity index (χ1n) is 11.9. The molecule has 5 rings (SSSR count). The second-order valence-corrected chi connectivity index (χ2v) is 10.7. The van der Waals surface area contributed by atoms with Crippen LogP contribution in [0.5, 0.6) is 0 Å². The van der Waals surface area contributed by atoms with Gasteiger partial charge in [0.05, 0.1) is 5.92 Å². The summed E-state index contributed by atoms with van der Waals surface area (Å²) in [7, 11) is 0. The van der Waals surface area contributed by atoms with E-state index in [2.05, 4.69) is 6.92 Å². The first-order valence-corrected chi connectivity index (χ1v) is 11.9. The van der Waals surface area contributed by atoms with Gasteiger partial charge in [0, 0.05) is 23.7 Å². The van der Waals surface area contributed by atoms with Crippen molar-refractivity contribution in [2.24, 2.45) is 34.5 Å². The minimum absolute atomic E-state index is 0.0214. The molecule has 0 N–H and O–H groups in total. The molecule has 0 aromatic heterocycles. The Hall–Kier alpha value is -1.45. The smallest absolute Gasteiger partial charge is 0.308 e. The molecule has 29 heavy (non-hydrogen) atoms. The lowest BCUT2D eigenvalue weighted by molar-refractivity contribution is -0.156. The highest BCUT2D eigenvalue weighted by Crippen LogP contribution is 2.64. The van der Waals surface area contributed by atoms with Crippen LogP contribution in [0.2, 0.25) is 0 Å². The van der Waals surface area contributed by atoms with Crippen molar-refractivity contribution >= 4 is 17.5 Å². The van der Waals surface area contributed by atoms with Crippen molar-refractivity contribution < 1.29 is 19.1 Å². The van der Waals surface area contributed by atoms with Crippen LogP contribution in [-0.4, -0.2) is 24.1 Å². The molecule has 5 atom stereocenters. The van der Waals surface area contributed by atoms with E-state index < -0.39 is 0 Å². The fourth-order valence-electron chi connectivity index (χ4n) is 7.88. The molecule has 158 valence electrons. The van der Waals surface area contributed by atoms with Crippen LogP contribution in [0.15, 0.2) is 11.6 Å². The van der Waals surface area contributed by atoms with E-state index in [4.69, 9.17) is 4.74 Å². The molecule has 0 unspecified atom stereocenters. The van der Waals surface area contributed by atoms with E-state index in [1.165, 1.54) is 5.57 Å². The number of hydrogen-bond donors (Lipinski definition) is 0. The number of rotatable bonds is 3. The van der Waals surface area contributed by atoms with Crippen molar-refractivity contribution in [2.45, 2.75) is 84.0 Å². The maximum absolute atomic E-state index is 12.7. The number of hydrogen-bond acceptors (Lipinski definition) is 4. The number of Topliss-reactive ketones (excluding diaryl/α,β-unsaturated/α-hetero) is 1. The molecule has 5 aliphatic rings. The molecule has 0 saturated heterocycles. The van der Waals surface area contributed by atoms with Crippen LogP contribution in [0, 0.1) is 34.5 Å². The van der Waals surface area contributed by atoms with E-state index in [0.717, 1.165) is 70.6 Å². The first kappa shape index (κ1) is 19.5. The van der Waals surface area contributed by atoms with E-state index in [0.29, 0.717) is 36.6 Å². The van der Waals surface area contributed by atoms with Gasteiger partial charge in [0.15, 0.2) is 5.78 Å². The van der Waals surface area contributed by atoms with Crippen molar-refractivity contribution in [3.63, 3.8) is 0 Å². The van der Waals surface area contributed by atoms with Gasteiger partial charge in [-0.15, -0.1) is 0 Å². The number of ether oxygens (including phenoxy) is 1. The Labute approximate surface area is 173 Å². The van der Waals surface area contributed by atoms with Gasteiger partial charge >= 0.3 is 5.97 Å². The van der Waals surface area contributed by atoms with Gasteiger partial charge < -0.3 is 4.74 Å². The summed E-state index contributed by atoms with van der Waals surface area (Å²) in [5, 5.41) is 0. The summed E-state index contributed by atoms with van der Waals surface area (Å²) < 4.78 is 6.01. The van der Waals surface area contributed by atoms with Gasteiger partial charge in [0.2, 0.25) is 0 Å². The molecule has 0 spiro atoms. The zero-order valence-electron chi connectivity index (χ0n) is 17.7. The molecule has 0 aromatic rings. The molecule has 0 aromatic carbocycles. The van der Waals surface area contributed by atoms with Crippen molar-refractivity contribution in [1.29, 1.82) is 0 Å². The Morgan fingerprint density at radius 2 is 1.79 bits per heavy atom.